The van der Waals surface area contributed by atoms with Crippen LogP contribution in [0.4, 0.5) is 0 Å². The van der Waals surface area contributed by atoms with Gasteiger partial charge in [0.2, 0.25) is 5.91 Å². The van der Waals surface area contributed by atoms with Crippen molar-refractivity contribution in [2.45, 2.75) is 31.3 Å². The van der Waals surface area contributed by atoms with Gasteiger partial charge in [-0.2, -0.15) is 5.10 Å². The van der Waals surface area contributed by atoms with Gasteiger partial charge in [-0.05, 0) is 38.6 Å². The fourth-order valence-corrected chi connectivity index (χ4v) is 5.54. The number of likely N-dealkylation sites (tertiary alicyclic amines) is 1. The van der Waals surface area contributed by atoms with Crippen LogP contribution in [0.15, 0.2) is 35.3 Å². The summed E-state index contributed by atoms with van der Waals surface area (Å²) in [6.07, 6.45) is 3.72. The molecule has 30 heavy (non-hydrogen) atoms. The van der Waals surface area contributed by atoms with E-state index < -0.39 is 6.04 Å². The summed E-state index contributed by atoms with van der Waals surface area (Å²) < 4.78 is 1.82. The van der Waals surface area contributed by atoms with Crippen molar-refractivity contribution in [3.63, 3.8) is 0 Å². The van der Waals surface area contributed by atoms with Crippen molar-refractivity contribution in [3.05, 3.63) is 52.2 Å². The Labute approximate surface area is 176 Å². The first-order chi connectivity index (χ1) is 14.6. The Balaban J connectivity index is 1.47. The first-order valence-electron chi connectivity index (χ1n) is 11.0. The molecule has 2 bridgehead atoms. The molecule has 2 saturated heterocycles. The Morgan fingerprint density at radius 3 is 2.90 bits per heavy atom. The highest BCUT2D eigenvalue weighted by molar-refractivity contribution is 5.81. The minimum Gasteiger partial charge on any atom is -0.340 e. The Bertz CT molecular complexity index is 955. The number of carbonyl (C=O) groups is 1. The van der Waals surface area contributed by atoms with Crippen LogP contribution >= 0.6 is 0 Å². The van der Waals surface area contributed by atoms with E-state index in [0.29, 0.717) is 0 Å². The van der Waals surface area contributed by atoms with Crippen LogP contribution in [-0.4, -0.2) is 81.7 Å². The van der Waals surface area contributed by atoms with Crippen molar-refractivity contribution >= 4 is 5.91 Å². The SMILES string of the molecule is CN1CCCN(C(=O)[C@H]2[C@H]3C[C@H](CN(Cc4ccn[nH]4)C3)c3cccc(=O)n32)CC1. The number of aromatic amines is 1. The molecule has 0 radical (unpaired) electrons. The zero-order valence-corrected chi connectivity index (χ0v) is 17.5. The predicted molar refractivity (Wildman–Crippen MR) is 113 cm³/mol. The van der Waals surface area contributed by atoms with Crippen molar-refractivity contribution in [1.29, 1.82) is 0 Å². The Hall–Kier alpha value is -2.45. The number of H-pyrrole nitrogens is 1. The quantitative estimate of drug-likeness (QED) is 0.814. The van der Waals surface area contributed by atoms with Crippen molar-refractivity contribution in [2.24, 2.45) is 5.92 Å². The molecule has 2 aromatic heterocycles. The average Bonchev–Trinajstić information content (AvgIpc) is 3.14. The fourth-order valence-electron chi connectivity index (χ4n) is 5.54. The lowest BCUT2D eigenvalue weighted by atomic mass is 9.78. The fraction of sp³-hybridized carbons (Fsp3) is 0.591. The smallest absolute Gasteiger partial charge is 0.251 e. The van der Waals surface area contributed by atoms with Crippen molar-refractivity contribution < 1.29 is 4.79 Å². The Morgan fingerprint density at radius 1 is 1.17 bits per heavy atom. The van der Waals surface area contributed by atoms with Crippen molar-refractivity contribution in [3.8, 4) is 0 Å². The summed E-state index contributed by atoms with van der Waals surface area (Å²) in [6.45, 7) is 5.90. The Morgan fingerprint density at radius 2 is 2.07 bits per heavy atom. The summed E-state index contributed by atoms with van der Waals surface area (Å²) >= 11 is 0. The number of amides is 1. The minimum atomic E-state index is -0.405. The number of piperidine rings is 1. The van der Waals surface area contributed by atoms with Crippen LogP contribution in [0.25, 0.3) is 0 Å². The van der Waals surface area contributed by atoms with Gasteiger partial charge in [-0.1, -0.05) is 6.07 Å². The zero-order valence-electron chi connectivity index (χ0n) is 17.5. The van der Waals surface area contributed by atoms with Gasteiger partial charge >= 0.3 is 0 Å². The van der Waals surface area contributed by atoms with E-state index in [1.54, 1.807) is 12.3 Å². The number of pyridine rings is 1. The van der Waals surface area contributed by atoms with E-state index in [-0.39, 0.29) is 23.3 Å². The summed E-state index contributed by atoms with van der Waals surface area (Å²) in [4.78, 5) is 33.3. The normalized spacial score (nSPS) is 27.5. The van der Waals surface area contributed by atoms with Crippen LogP contribution in [0.2, 0.25) is 0 Å². The maximum atomic E-state index is 13.8. The molecule has 160 valence electrons. The average molecular weight is 411 g/mol. The maximum Gasteiger partial charge on any atom is 0.251 e. The summed E-state index contributed by atoms with van der Waals surface area (Å²) in [5, 5.41) is 7.11. The van der Waals surface area contributed by atoms with E-state index in [1.165, 1.54) is 0 Å². The first kappa shape index (κ1) is 19.5. The molecule has 0 unspecified atom stereocenters. The van der Waals surface area contributed by atoms with Gasteiger partial charge in [0.05, 0.1) is 0 Å². The lowest BCUT2D eigenvalue weighted by Crippen LogP contribution is -2.54. The van der Waals surface area contributed by atoms with E-state index in [0.717, 1.165) is 70.0 Å². The highest BCUT2D eigenvalue weighted by Gasteiger charge is 2.45. The molecule has 1 amide bonds. The number of carbonyl (C=O) groups excluding carboxylic acids is 1. The number of aromatic nitrogens is 3. The third kappa shape index (κ3) is 3.58. The number of hydrogen-bond acceptors (Lipinski definition) is 5. The monoisotopic (exact) mass is 410 g/mol. The standard InChI is InChI=1S/C22H30N6O2/c1-25-8-3-9-27(11-10-25)22(30)21-17-12-16(19-4-2-5-20(29)28(19)21)13-26(14-17)15-18-6-7-23-24-18/h2,4-7,16-17,21H,3,8-15H2,1H3,(H,23,24)/t16-,17+,21-/m1/s1. The van der Waals surface area contributed by atoms with Crippen molar-refractivity contribution in [1.82, 2.24) is 29.5 Å². The molecule has 2 aromatic rings. The summed E-state index contributed by atoms with van der Waals surface area (Å²) in [5.74, 6) is 0.541. The summed E-state index contributed by atoms with van der Waals surface area (Å²) in [5.41, 5.74) is 2.05. The minimum absolute atomic E-state index is 0.0468. The molecule has 3 aliphatic heterocycles. The maximum absolute atomic E-state index is 13.8. The van der Waals surface area contributed by atoms with Gasteiger partial charge in [0.15, 0.2) is 0 Å². The summed E-state index contributed by atoms with van der Waals surface area (Å²) in [6, 6.07) is 7.07. The predicted octanol–water partition coefficient (Wildman–Crippen LogP) is 0.896. The molecule has 3 aliphatic rings. The number of likely N-dealkylation sites (N-methyl/N-ethyl adjacent to an activating group) is 1. The van der Waals surface area contributed by atoms with Gasteiger partial charge in [-0.15, -0.1) is 0 Å². The topological polar surface area (TPSA) is 77.5 Å². The largest absolute Gasteiger partial charge is 0.340 e. The summed E-state index contributed by atoms with van der Waals surface area (Å²) in [7, 11) is 2.10. The molecule has 0 aliphatic carbocycles. The van der Waals surface area contributed by atoms with E-state index in [1.807, 2.05) is 27.7 Å². The van der Waals surface area contributed by atoms with Crippen LogP contribution in [0.5, 0.6) is 0 Å². The van der Waals surface area contributed by atoms with Crippen LogP contribution < -0.4 is 5.56 Å². The van der Waals surface area contributed by atoms with E-state index >= 15 is 0 Å². The van der Waals surface area contributed by atoms with Gasteiger partial charge in [0.25, 0.3) is 5.56 Å². The molecule has 8 heteroatoms. The number of hydrogen-bond donors (Lipinski definition) is 1. The van der Waals surface area contributed by atoms with Gasteiger partial charge in [0.1, 0.15) is 6.04 Å². The number of rotatable bonds is 3. The number of fused-ring (bicyclic) bond motifs is 4. The lowest BCUT2D eigenvalue weighted by Gasteiger charge is -2.47. The third-order valence-corrected chi connectivity index (χ3v) is 6.96. The molecule has 0 spiro atoms. The molecule has 5 heterocycles. The highest BCUT2D eigenvalue weighted by Crippen LogP contribution is 2.42. The molecule has 0 aromatic carbocycles. The molecule has 1 N–H and O–H groups in total. The lowest BCUT2D eigenvalue weighted by molar-refractivity contribution is -0.138. The number of nitrogens with zero attached hydrogens (tertiary/aromatic N) is 5. The molecule has 3 atom stereocenters. The Kier molecular flexibility index (Phi) is 5.20. The van der Waals surface area contributed by atoms with Gasteiger partial charge in [-0.25, -0.2) is 0 Å². The molecular formula is C22H30N6O2. The van der Waals surface area contributed by atoms with E-state index in [4.69, 9.17) is 0 Å². The second kappa shape index (κ2) is 8.00. The molecule has 8 nitrogen and oxygen atoms in total. The van der Waals surface area contributed by atoms with E-state index in [9.17, 15) is 9.59 Å². The van der Waals surface area contributed by atoms with Crippen LogP contribution in [-0.2, 0) is 11.3 Å². The highest BCUT2D eigenvalue weighted by atomic mass is 16.2. The van der Waals surface area contributed by atoms with Crippen LogP contribution in [0.1, 0.15) is 36.2 Å². The van der Waals surface area contributed by atoms with Gasteiger partial charge in [-0.3, -0.25) is 24.2 Å². The molecule has 5 rings (SSSR count). The molecular weight excluding hydrogens is 380 g/mol. The van der Waals surface area contributed by atoms with Crippen LogP contribution in [0, 0.1) is 5.92 Å². The molecule has 0 saturated carbocycles. The zero-order chi connectivity index (χ0) is 20.7. The van der Waals surface area contributed by atoms with Gasteiger partial charge in [0, 0.05) is 74.8 Å². The second-order valence-corrected chi connectivity index (χ2v) is 9.05. The molecule has 2 fully saturated rings. The van der Waals surface area contributed by atoms with Crippen molar-refractivity contribution in [2.75, 3.05) is 46.3 Å². The number of nitrogens with one attached hydrogen (secondary N) is 1. The van der Waals surface area contributed by atoms with Gasteiger partial charge < -0.3 is 9.80 Å². The van der Waals surface area contributed by atoms with Crippen LogP contribution in [0.3, 0.4) is 0 Å². The first-order valence-corrected chi connectivity index (χ1v) is 11.0. The third-order valence-electron chi connectivity index (χ3n) is 6.96. The second-order valence-electron chi connectivity index (χ2n) is 9.05. The van der Waals surface area contributed by atoms with E-state index in [2.05, 4.69) is 27.0 Å².